The molecule has 0 heterocycles. The van der Waals surface area contributed by atoms with Gasteiger partial charge in [0.15, 0.2) is 0 Å². The van der Waals surface area contributed by atoms with Gasteiger partial charge < -0.3 is 11.7 Å². The molecule has 0 aromatic carbocycles. The monoisotopic (exact) mass is 202 g/mol. The fourth-order valence-electron chi connectivity index (χ4n) is 0. The van der Waals surface area contributed by atoms with Crippen LogP contribution in [0.5, 0.6) is 0 Å². The van der Waals surface area contributed by atoms with Gasteiger partial charge in [-0.2, -0.15) is 13.3 Å². The molecular formula is C6H12ORu. The van der Waals surface area contributed by atoms with E-state index in [1.165, 1.54) is 19.6 Å². The zero-order valence-corrected chi connectivity index (χ0v) is 7.12. The quantitative estimate of drug-likeness (QED) is 0.466. The van der Waals surface area contributed by atoms with E-state index in [-0.39, 0.29) is 19.5 Å². The van der Waals surface area contributed by atoms with Gasteiger partial charge in [-0.1, -0.05) is 13.3 Å². The van der Waals surface area contributed by atoms with Crippen LogP contribution in [0, 0.1) is 6.92 Å². The van der Waals surface area contributed by atoms with Gasteiger partial charge in [0, 0.05) is 0 Å². The normalized spacial score (nSPS) is 5.38. The summed E-state index contributed by atoms with van der Waals surface area (Å²) in [4.78, 5) is 8.68. The molecule has 0 aliphatic rings. The van der Waals surface area contributed by atoms with Crippen molar-refractivity contribution in [1.29, 1.82) is 0 Å². The van der Waals surface area contributed by atoms with Crippen molar-refractivity contribution in [3.63, 3.8) is 0 Å². The molecular weight excluding hydrogens is 189 g/mol. The average Bonchev–Trinajstić information content (AvgIpc) is 1.69. The Morgan fingerprint density at radius 2 is 1.75 bits per heavy atom. The minimum Gasteiger partial charge on any atom is -0.542 e. The summed E-state index contributed by atoms with van der Waals surface area (Å²) in [5.74, 6) is 0. The van der Waals surface area contributed by atoms with Crippen LogP contribution >= 0.6 is 0 Å². The molecule has 0 N–H and O–H groups in total. The molecule has 0 atom stereocenters. The van der Waals surface area contributed by atoms with E-state index < -0.39 is 0 Å². The molecule has 0 unspecified atom stereocenters. The van der Waals surface area contributed by atoms with Crippen LogP contribution in [0.2, 0.25) is 0 Å². The van der Waals surface area contributed by atoms with Crippen molar-refractivity contribution < 1.29 is 24.3 Å². The second-order valence-electron chi connectivity index (χ2n) is 1.06. The van der Waals surface area contributed by atoms with Gasteiger partial charge in [0.1, 0.15) is 0 Å². The molecule has 0 spiro atoms. The van der Waals surface area contributed by atoms with E-state index in [0.29, 0.717) is 0 Å². The Hall–Kier alpha value is 0.293. The van der Waals surface area contributed by atoms with Gasteiger partial charge in [0.05, 0.1) is 0 Å². The van der Waals surface area contributed by atoms with Crippen LogP contribution in [0.3, 0.4) is 0 Å². The van der Waals surface area contributed by atoms with Crippen LogP contribution in [0.15, 0.2) is 0 Å². The third-order valence-corrected chi connectivity index (χ3v) is 0.354. The Morgan fingerprint density at radius 1 is 1.62 bits per heavy atom. The van der Waals surface area contributed by atoms with E-state index >= 15 is 0 Å². The van der Waals surface area contributed by atoms with E-state index in [2.05, 4.69) is 13.8 Å². The maximum atomic E-state index is 8.68. The van der Waals surface area contributed by atoms with Crippen molar-refractivity contribution in [3.8, 4) is 0 Å². The van der Waals surface area contributed by atoms with Crippen LogP contribution in [0.1, 0.15) is 26.7 Å². The van der Waals surface area contributed by atoms with Crippen molar-refractivity contribution in [1.82, 2.24) is 0 Å². The van der Waals surface area contributed by atoms with Gasteiger partial charge in [-0.25, -0.2) is 0 Å². The first-order valence-corrected chi connectivity index (χ1v) is 2.41. The predicted molar refractivity (Wildman–Crippen MR) is 31.6 cm³/mol. The van der Waals surface area contributed by atoms with Gasteiger partial charge in [-0.05, 0) is 0 Å². The van der Waals surface area contributed by atoms with E-state index in [1.807, 2.05) is 0 Å². The topological polar surface area (TPSA) is 17.1 Å². The van der Waals surface area contributed by atoms with Crippen LogP contribution in [-0.4, -0.2) is 6.29 Å². The zero-order valence-electron chi connectivity index (χ0n) is 5.38. The van der Waals surface area contributed by atoms with Gasteiger partial charge in [0.25, 0.3) is 0 Å². The van der Waals surface area contributed by atoms with Crippen LogP contribution < -0.4 is 0 Å². The fourth-order valence-corrected chi connectivity index (χ4v) is 0. The number of hydrogen-bond donors (Lipinski definition) is 0. The molecule has 50 valence electrons. The van der Waals surface area contributed by atoms with Crippen molar-refractivity contribution in [2.45, 2.75) is 26.7 Å². The molecule has 0 rings (SSSR count). The van der Waals surface area contributed by atoms with Crippen LogP contribution in [0.25, 0.3) is 0 Å². The smallest absolute Gasteiger partial charge is 0.542 e. The van der Waals surface area contributed by atoms with Crippen molar-refractivity contribution in [2.75, 3.05) is 0 Å². The number of carbonyl (C=O) groups excluding carboxylic acids is 1. The Kier molecular flexibility index (Phi) is 52.4. The Bertz CT molecular complexity index is 27.7. The van der Waals surface area contributed by atoms with Crippen LogP contribution in [-0.2, 0) is 24.3 Å². The third-order valence-electron chi connectivity index (χ3n) is 0.354. The summed E-state index contributed by atoms with van der Waals surface area (Å²) < 4.78 is 0. The molecule has 0 saturated carbocycles. The largest absolute Gasteiger partial charge is 2.00 e. The first-order valence-electron chi connectivity index (χ1n) is 2.41. The summed E-state index contributed by atoms with van der Waals surface area (Å²) in [6.07, 6.45) is 3.78. The Balaban J connectivity index is -0.0000000575. The van der Waals surface area contributed by atoms with Gasteiger partial charge in [-0.3, -0.25) is 6.29 Å². The summed E-state index contributed by atoms with van der Waals surface area (Å²) >= 11 is 0. The van der Waals surface area contributed by atoms with Crippen molar-refractivity contribution in [3.05, 3.63) is 6.92 Å². The molecule has 0 saturated heterocycles. The standard InChI is InChI=1S/C4H9.C2H3O.Ru/c1-3-4-2;1-2-3;/h1,3-4H2,2H3;1H3;/q2*-1;+2. The summed E-state index contributed by atoms with van der Waals surface area (Å²) in [6.45, 7) is 7.04. The second kappa shape index (κ2) is 26.6. The third kappa shape index (κ3) is 105. The molecule has 0 bridgehead atoms. The van der Waals surface area contributed by atoms with Gasteiger partial charge in [0.2, 0.25) is 0 Å². The molecule has 0 amide bonds. The minimum atomic E-state index is 0. The molecule has 0 radical (unpaired) electrons. The molecule has 0 aliphatic carbocycles. The predicted octanol–water partition coefficient (Wildman–Crippen LogP) is 1.73. The van der Waals surface area contributed by atoms with Crippen LogP contribution in [0.4, 0.5) is 0 Å². The van der Waals surface area contributed by atoms with E-state index in [0.717, 1.165) is 6.42 Å². The van der Waals surface area contributed by atoms with E-state index in [9.17, 15) is 0 Å². The van der Waals surface area contributed by atoms with E-state index in [4.69, 9.17) is 4.79 Å². The average molecular weight is 201 g/mol. The molecule has 0 aromatic heterocycles. The Labute approximate surface area is 64.6 Å². The Morgan fingerprint density at radius 3 is 1.75 bits per heavy atom. The summed E-state index contributed by atoms with van der Waals surface area (Å²) in [5, 5.41) is 0. The zero-order chi connectivity index (χ0) is 6.12. The number of unbranched alkanes of at least 4 members (excludes halogenated alkanes) is 1. The molecule has 1 nitrogen and oxygen atoms in total. The molecule has 0 aliphatic heterocycles. The summed E-state index contributed by atoms with van der Waals surface area (Å²) in [7, 11) is 0. The maximum Gasteiger partial charge on any atom is 2.00 e. The fraction of sp³-hybridized carbons (Fsp3) is 0.667. The number of rotatable bonds is 1. The molecule has 8 heavy (non-hydrogen) atoms. The van der Waals surface area contributed by atoms with Gasteiger partial charge >= 0.3 is 19.5 Å². The summed E-state index contributed by atoms with van der Waals surface area (Å²) in [6, 6.07) is 0. The van der Waals surface area contributed by atoms with Gasteiger partial charge in [-0.15, -0.1) is 0 Å². The first-order chi connectivity index (χ1) is 3.33. The number of hydrogen-bond acceptors (Lipinski definition) is 1. The first kappa shape index (κ1) is 15.7. The maximum absolute atomic E-state index is 8.68. The van der Waals surface area contributed by atoms with Crippen molar-refractivity contribution >= 4 is 6.29 Å². The summed E-state index contributed by atoms with van der Waals surface area (Å²) in [5.41, 5.74) is 0. The molecule has 2 heteroatoms. The SMILES string of the molecule is C[C-]=O.[CH2-]CCC.[Ru+2]. The minimum absolute atomic E-state index is 0. The molecule has 0 aromatic rings. The molecule has 0 fully saturated rings. The van der Waals surface area contributed by atoms with Crippen molar-refractivity contribution in [2.24, 2.45) is 0 Å². The van der Waals surface area contributed by atoms with E-state index in [1.54, 1.807) is 0 Å². The second-order valence-corrected chi connectivity index (χ2v) is 1.06.